The third-order valence-corrected chi connectivity index (χ3v) is 6.91. The molecule has 3 aromatic heterocycles. The summed E-state index contributed by atoms with van der Waals surface area (Å²) in [7, 11) is 1.64. The predicted octanol–water partition coefficient (Wildman–Crippen LogP) is 4.05. The summed E-state index contributed by atoms with van der Waals surface area (Å²) in [5.41, 5.74) is 2.39. The Morgan fingerprint density at radius 3 is 2.74 bits per heavy atom. The maximum atomic E-state index is 13.8. The number of rotatable bonds is 6. The number of nitrogens with zero attached hydrogens (tertiary/aromatic N) is 3. The zero-order valence-corrected chi connectivity index (χ0v) is 19.3. The minimum absolute atomic E-state index is 0.0869. The van der Waals surface area contributed by atoms with Gasteiger partial charge >= 0.3 is 5.97 Å². The van der Waals surface area contributed by atoms with Crippen molar-refractivity contribution in [1.82, 2.24) is 19.7 Å². The topological polar surface area (TPSA) is 113 Å². The predicted molar refractivity (Wildman–Crippen MR) is 125 cm³/mol. The van der Waals surface area contributed by atoms with Crippen molar-refractivity contribution in [1.29, 1.82) is 0 Å². The number of benzene rings is 1. The van der Waals surface area contributed by atoms with E-state index in [1.807, 2.05) is 6.07 Å². The molecule has 0 aliphatic heterocycles. The first kappa shape index (κ1) is 22.5. The fraction of sp³-hybridized carbons (Fsp3) is 0.400. The van der Waals surface area contributed by atoms with Crippen molar-refractivity contribution in [2.45, 2.75) is 50.0 Å². The molecule has 3 heterocycles. The van der Waals surface area contributed by atoms with Crippen molar-refractivity contribution >= 4 is 28.0 Å². The number of hydrogen-bond donors (Lipinski definition) is 3. The lowest BCUT2D eigenvalue weighted by Crippen LogP contribution is -2.35. The van der Waals surface area contributed by atoms with Crippen molar-refractivity contribution in [3.63, 3.8) is 0 Å². The molecule has 1 aromatic carbocycles. The lowest BCUT2D eigenvalue weighted by Gasteiger charge is -2.29. The van der Waals surface area contributed by atoms with E-state index in [9.17, 15) is 19.4 Å². The zero-order valence-electron chi connectivity index (χ0n) is 19.3. The summed E-state index contributed by atoms with van der Waals surface area (Å²) in [6.45, 7) is 4.51. The van der Waals surface area contributed by atoms with E-state index in [-0.39, 0.29) is 24.6 Å². The summed E-state index contributed by atoms with van der Waals surface area (Å²) in [5.74, 6) is -1.78. The molecule has 0 unspecified atom stereocenters. The number of halogens is 1. The number of H-pyrrole nitrogens is 1. The van der Waals surface area contributed by atoms with Crippen LogP contribution in [0.3, 0.4) is 0 Å². The number of carboxylic acid groups (broad SMARTS) is 1. The van der Waals surface area contributed by atoms with Gasteiger partial charge in [-0.1, -0.05) is 13.8 Å². The molecule has 1 saturated carbocycles. The standard InChI is InChI=1S/C25H27FN4O4/c1-24(2,13-34-3)21-19(14-8-9-25(33,11-14)23(31)32)20-18(10-15-12-27-29-22(15)28-20)30(21)17-6-4-16(26)5-7-17/h4-7,10,12,14,33H,8-9,11,13H2,1-3H3,(H,31,32)(H,27,28,29)/t14-,25+/m1/s1. The lowest BCUT2D eigenvalue weighted by molar-refractivity contribution is -0.157. The van der Waals surface area contributed by atoms with Crippen LogP contribution in [0.15, 0.2) is 36.5 Å². The molecule has 178 valence electrons. The monoisotopic (exact) mass is 466 g/mol. The number of fused-ring (bicyclic) bond motifs is 2. The molecule has 34 heavy (non-hydrogen) atoms. The number of aromatic nitrogens is 4. The van der Waals surface area contributed by atoms with Gasteiger partial charge in [0.05, 0.1) is 23.8 Å². The number of carboxylic acids is 1. The zero-order chi connectivity index (χ0) is 24.3. The minimum atomic E-state index is -1.78. The molecule has 0 spiro atoms. The molecule has 3 N–H and O–H groups in total. The van der Waals surface area contributed by atoms with E-state index in [4.69, 9.17) is 9.72 Å². The van der Waals surface area contributed by atoms with Crippen molar-refractivity contribution in [2.75, 3.05) is 13.7 Å². The molecule has 2 atom stereocenters. The van der Waals surface area contributed by atoms with Gasteiger partial charge < -0.3 is 19.5 Å². The van der Waals surface area contributed by atoms with Crippen LogP contribution < -0.4 is 0 Å². The molecule has 4 aromatic rings. The van der Waals surface area contributed by atoms with E-state index >= 15 is 0 Å². The SMILES string of the molecule is COCC(C)(C)c1c([C@@H]2CC[C@@](O)(C(=O)O)C2)c2nc3[nH]ncc3cc2n1-c1ccc(F)cc1. The smallest absolute Gasteiger partial charge is 0.335 e. The molecule has 1 fully saturated rings. The van der Waals surface area contributed by atoms with Crippen LogP contribution in [0.1, 0.15) is 50.3 Å². The highest BCUT2D eigenvalue weighted by Crippen LogP contribution is 2.48. The van der Waals surface area contributed by atoms with E-state index in [1.54, 1.807) is 25.4 Å². The van der Waals surface area contributed by atoms with Crippen molar-refractivity contribution in [3.8, 4) is 5.69 Å². The lowest BCUT2D eigenvalue weighted by atomic mass is 9.82. The second kappa shape index (κ2) is 7.89. The Balaban J connectivity index is 1.87. The molecule has 0 bridgehead atoms. The second-order valence-electron chi connectivity index (χ2n) is 9.83. The summed E-state index contributed by atoms with van der Waals surface area (Å²) < 4.78 is 21.4. The third-order valence-electron chi connectivity index (χ3n) is 6.91. The number of pyridine rings is 1. The van der Waals surface area contributed by atoms with Crippen LogP contribution >= 0.6 is 0 Å². The van der Waals surface area contributed by atoms with Gasteiger partial charge in [-0.3, -0.25) is 5.10 Å². The normalized spacial score (nSPS) is 21.0. The first-order valence-electron chi connectivity index (χ1n) is 11.2. The van der Waals surface area contributed by atoms with E-state index in [1.165, 1.54) is 12.1 Å². The second-order valence-corrected chi connectivity index (χ2v) is 9.83. The number of methoxy groups -OCH3 is 1. The average molecular weight is 467 g/mol. The number of hydrogen-bond acceptors (Lipinski definition) is 5. The van der Waals surface area contributed by atoms with Gasteiger partial charge in [-0.2, -0.15) is 5.10 Å². The number of nitrogens with one attached hydrogen (secondary N) is 1. The van der Waals surface area contributed by atoms with Gasteiger partial charge in [-0.15, -0.1) is 0 Å². The van der Waals surface area contributed by atoms with Crippen LogP contribution in [0.4, 0.5) is 4.39 Å². The number of carbonyl (C=O) groups is 1. The highest BCUT2D eigenvalue weighted by molar-refractivity contribution is 5.94. The quantitative estimate of drug-likeness (QED) is 0.395. The number of aliphatic carboxylic acids is 1. The van der Waals surface area contributed by atoms with E-state index in [0.717, 1.165) is 27.8 Å². The summed E-state index contributed by atoms with van der Waals surface area (Å²) in [5, 5.41) is 28.2. The Morgan fingerprint density at radius 1 is 1.35 bits per heavy atom. The maximum Gasteiger partial charge on any atom is 0.335 e. The van der Waals surface area contributed by atoms with Crippen LogP contribution in [0.2, 0.25) is 0 Å². The third kappa shape index (κ3) is 3.47. The number of ether oxygens (including phenoxy) is 1. The van der Waals surface area contributed by atoms with Crippen molar-refractivity contribution in [2.24, 2.45) is 0 Å². The summed E-state index contributed by atoms with van der Waals surface area (Å²) in [6.07, 6.45) is 2.45. The van der Waals surface area contributed by atoms with Gasteiger partial charge in [0.2, 0.25) is 0 Å². The van der Waals surface area contributed by atoms with Crippen LogP contribution in [0.5, 0.6) is 0 Å². The van der Waals surface area contributed by atoms with Gasteiger partial charge in [0, 0.05) is 34.9 Å². The van der Waals surface area contributed by atoms with Gasteiger partial charge in [-0.05, 0) is 55.5 Å². The molecule has 0 amide bonds. The van der Waals surface area contributed by atoms with E-state index in [0.29, 0.717) is 24.2 Å². The van der Waals surface area contributed by atoms with Gasteiger partial charge in [0.25, 0.3) is 0 Å². The first-order chi connectivity index (χ1) is 16.1. The molecule has 1 aliphatic rings. The fourth-order valence-electron chi connectivity index (χ4n) is 5.40. The van der Waals surface area contributed by atoms with Crippen molar-refractivity contribution in [3.05, 3.63) is 53.6 Å². The van der Waals surface area contributed by atoms with Gasteiger partial charge in [0.1, 0.15) is 5.82 Å². The van der Waals surface area contributed by atoms with Crippen molar-refractivity contribution < 1.29 is 24.1 Å². The Morgan fingerprint density at radius 2 is 2.09 bits per heavy atom. The molecular formula is C25H27FN4O4. The number of aromatic amines is 1. The Bertz CT molecular complexity index is 1390. The Kier molecular flexibility index (Phi) is 5.22. The maximum absolute atomic E-state index is 13.8. The molecule has 5 rings (SSSR count). The summed E-state index contributed by atoms with van der Waals surface area (Å²) in [6, 6.07) is 8.24. The van der Waals surface area contributed by atoms with Crippen LogP contribution in [0, 0.1) is 5.82 Å². The highest BCUT2D eigenvalue weighted by Gasteiger charge is 2.47. The van der Waals surface area contributed by atoms with Crippen LogP contribution in [-0.4, -0.2) is 55.2 Å². The van der Waals surface area contributed by atoms with E-state index in [2.05, 4.69) is 28.6 Å². The fourth-order valence-corrected chi connectivity index (χ4v) is 5.40. The molecule has 8 nitrogen and oxygen atoms in total. The minimum Gasteiger partial charge on any atom is -0.479 e. The van der Waals surface area contributed by atoms with E-state index < -0.39 is 17.0 Å². The average Bonchev–Trinajstić information content (AvgIpc) is 3.48. The molecule has 9 heteroatoms. The van der Waals surface area contributed by atoms with Crippen LogP contribution in [0.25, 0.3) is 27.8 Å². The Labute approximate surface area is 195 Å². The number of aliphatic hydroxyl groups is 1. The molecule has 1 aliphatic carbocycles. The molecule has 0 radical (unpaired) electrons. The van der Waals surface area contributed by atoms with Gasteiger partial charge in [0.15, 0.2) is 11.2 Å². The van der Waals surface area contributed by atoms with Crippen LogP contribution in [-0.2, 0) is 14.9 Å². The molecular weight excluding hydrogens is 439 g/mol. The Hall–Kier alpha value is -3.30. The summed E-state index contributed by atoms with van der Waals surface area (Å²) in [4.78, 5) is 16.7. The highest BCUT2D eigenvalue weighted by atomic mass is 19.1. The first-order valence-corrected chi connectivity index (χ1v) is 11.2. The van der Waals surface area contributed by atoms with Gasteiger partial charge in [-0.25, -0.2) is 14.2 Å². The summed E-state index contributed by atoms with van der Waals surface area (Å²) >= 11 is 0. The largest absolute Gasteiger partial charge is 0.479 e. The molecule has 0 saturated heterocycles.